The van der Waals surface area contributed by atoms with Crippen LogP contribution in [0.5, 0.6) is 0 Å². The molecule has 1 spiro atoms. The van der Waals surface area contributed by atoms with E-state index in [2.05, 4.69) is 277 Å². The second kappa shape index (κ2) is 18.7. The molecule has 0 atom stereocenters. The number of fused-ring (bicyclic) bond motifs is 9. The molecule has 0 aliphatic heterocycles. The van der Waals surface area contributed by atoms with Crippen LogP contribution in [0.25, 0.3) is 55.0 Å². The zero-order valence-electron chi connectivity index (χ0n) is 53.1. The first kappa shape index (κ1) is 55.3. The van der Waals surface area contributed by atoms with Crippen molar-refractivity contribution in [1.82, 2.24) is 0 Å². The van der Waals surface area contributed by atoms with E-state index in [-0.39, 0.29) is 26.3 Å². The van der Waals surface area contributed by atoms with Gasteiger partial charge in [0.25, 0.3) is 0 Å². The van der Waals surface area contributed by atoms with Crippen molar-refractivity contribution >= 4 is 105 Å². The summed E-state index contributed by atoms with van der Waals surface area (Å²) in [6.45, 7) is 38.2. The first-order valence-corrected chi connectivity index (χ1v) is 37.6. The summed E-state index contributed by atoms with van der Waals surface area (Å²) in [6.07, 6.45) is 6.70. The molecule has 0 radical (unpaired) electrons. The lowest BCUT2D eigenvalue weighted by atomic mass is 9.43. The molecule has 8 aromatic carbocycles. The van der Waals surface area contributed by atoms with Gasteiger partial charge in [-0.25, -0.2) is 0 Å². The van der Waals surface area contributed by atoms with E-state index in [1.807, 2.05) is 0 Å². The van der Waals surface area contributed by atoms with E-state index in [9.17, 15) is 0 Å². The third-order valence-corrected chi connectivity index (χ3v) is 33.8. The number of hydrogen-bond donors (Lipinski definition) is 0. The Kier molecular flexibility index (Phi) is 12.3. The van der Waals surface area contributed by atoms with Gasteiger partial charge in [-0.2, -0.15) is 0 Å². The van der Waals surface area contributed by atoms with Gasteiger partial charge in [-0.15, -0.1) is 0 Å². The summed E-state index contributed by atoms with van der Waals surface area (Å²) in [4.78, 5) is 4.84. The highest BCUT2D eigenvalue weighted by molar-refractivity contribution is 6.92. The van der Waals surface area contributed by atoms with Crippen LogP contribution in [-0.2, 0) is 16.2 Å². The Morgan fingerprint density at radius 1 is 0.357 bits per heavy atom. The van der Waals surface area contributed by atoms with E-state index in [4.69, 9.17) is 8.83 Å². The molecule has 4 nitrogen and oxygen atoms in total. The summed E-state index contributed by atoms with van der Waals surface area (Å²) >= 11 is 0. The molecule has 2 heterocycles. The lowest BCUT2D eigenvalue weighted by Gasteiger charge is -2.61. The highest BCUT2D eigenvalue weighted by atomic mass is 28.3. The average molecular weight is 1140 g/mol. The molecular formula is C78H88N2O2Si2. The fraction of sp³-hybridized carbons (Fsp3) is 0.385. The minimum Gasteiger partial charge on any atom is -0.456 e. The molecule has 2 aromatic heterocycles. The lowest BCUT2D eigenvalue weighted by Crippen LogP contribution is -2.55. The van der Waals surface area contributed by atoms with E-state index in [0.717, 1.165) is 68.3 Å². The Bertz CT molecular complexity index is 3940. The van der Waals surface area contributed by atoms with Crippen LogP contribution in [-0.4, -0.2) is 16.1 Å². The van der Waals surface area contributed by atoms with Gasteiger partial charge in [-0.1, -0.05) is 168 Å². The predicted octanol–water partition coefficient (Wildman–Crippen LogP) is 22.2. The predicted molar refractivity (Wildman–Crippen MR) is 365 cm³/mol. The van der Waals surface area contributed by atoms with E-state index >= 15 is 0 Å². The van der Waals surface area contributed by atoms with Crippen molar-refractivity contribution < 1.29 is 8.83 Å². The number of hydrogen-bond acceptors (Lipinski definition) is 4. The maximum absolute atomic E-state index is 7.17. The normalized spacial score (nSPS) is 19.5. The topological polar surface area (TPSA) is 32.8 Å². The Labute approximate surface area is 502 Å². The molecule has 0 amide bonds. The first-order chi connectivity index (χ1) is 39.6. The minimum atomic E-state index is -1.74. The van der Waals surface area contributed by atoms with Gasteiger partial charge < -0.3 is 18.6 Å². The number of benzene rings is 8. The Morgan fingerprint density at radius 2 is 0.667 bits per heavy atom. The number of anilines is 6. The van der Waals surface area contributed by atoms with Crippen molar-refractivity contribution in [3.05, 3.63) is 180 Å². The van der Waals surface area contributed by atoms with Crippen LogP contribution >= 0.6 is 0 Å². The fourth-order valence-corrected chi connectivity index (χ4v) is 19.8. The molecule has 4 saturated carbocycles. The maximum Gasteiger partial charge on any atom is 0.137 e. The summed E-state index contributed by atoms with van der Waals surface area (Å²) in [5, 5.41) is 8.28. The molecule has 0 unspecified atom stereocenters. The Morgan fingerprint density at radius 3 is 0.988 bits per heavy atom. The van der Waals surface area contributed by atoms with Gasteiger partial charge in [0.05, 0.1) is 16.1 Å². The highest BCUT2D eigenvalue weighted by Crippen LogP contribution is 2.70. The van der Waals surface area contributed by atoms with E-state index < -0.39 is 16.1 Å². The molecule has 10 aromatic rings. The van der Waals surface area contributed by atoms with Gasteiger partial charge in [0.1, 0.15) is 22.3 Å². The van der Waals surface area contributed by atoms with Crippen LogP contribution in [0.3, 0.4) is 0 Å². The van der Waals surface area contributed by atoms with Crippen molar-refractivity contribution in [2.45, 2.75) is 168 Å². The molecular weight excluding hydrogens is 1050 g/mol. The van der Waals surface area contributed by atoms with Crippen molar-refractivity contribution in [2.75, 3.05) is 9.80 Å². The summed E-state index contributed by atoms with van der Waals surface area (Å²) < 4.78 is 14.3. The van der Waals surface area contributed by atoms with E-state index in [1.165, 1.54) is 97.4 Å². The summed E-state index contributed by atoms with van der Waals surface area (Å²) in [5.74, 6) is 2.90. The zero-order valence-corrected chi connectivity index (χ0v) is 55.1. The van der Waals surface area contributed by atoms with Gasteiger partial charge in [0, 0.05) is 73.2 Å². The maximum atomic E-state index is 7.17. The average Bonchev–Trinajstić information content (AvgIpc) is 1.48. The quantitative estimate of drug-likeness (QED) is 0.142. The SMILES string of the molecule is CC(C)(C)c1ccc(N(c2ccc([Si](C)(C)C(C)(C)C)cc2)c2ccc3c(c2)oc2cc4c(cc23)C2(c3cc5c(cc3-4)oc3cc(N(c4ccc(C(C)(C)C)cc4)c4ccc([Si](C)(C)C(C)(C)C)cc4)ccc35)C3CC4CC(C3)CC2C4)cc1. The third kappa shape index (κ3) is 8.51. The Hall–Kier alpha value is -6.61. The van der Waals surface area contributed by atoms with Gasteiger partial charge in [0.2, 0.25) is 0 Å². The van der Waals surface area contributed by atoms with Crippen LogP contribution in [0.2, 0.25) is 36.3 Å². The van der Waals surface area contributed by atoms with Crippen molar-refractivity contribution in [3.63, 3.8) is 0 Å². The van der Waals surface area contributed by atoms with Crippen molar-refractivity contribution in [3.8, 4) is 11.1 Å². The summed E-state index contributed by atoms with van der Waals surface area (Å²) in [5.41, 5.74) is 19.0. The van der Waals surface area contributed by atoms with Crippen molar-refractivity contribution in [1.29, 1.82) is 0 Å². The smallest absolute Gasteiger partial charge is 0.137 e. The largest absolute Gasteiger partial charge is 0.456 e. The molecule has 0 N–H and O–H groups in total. The zero-order chi connectivity index (χ0) is 59.0. The second-order valence-corrected chi connectivity index (χ2v) is 42.3. The molecule has 4 fully saturated rings. The summed E-state index contributed by atoms with van der Waals surface area (Å²) in [6, 6.07) is 61.4. The molecule has 6 heteroatoms. The lowest BCUT2D eigenvalue weighted by molar-refractivity contribution is -0.0398. The van der Waals surface area contributed by atoms with Gasteiger partial charge >= 0.3 is 0 Å². The molecule has 15 rings (SSSR count). The first-order valence-electron chi connectivity index (χ1n) is 31.6. The van der Waals surface area contributed by atoms with Gasteiger partial charge in [0.15, 0.2) is 0 Å². The number of nitrogens with zero attached hydrogens (tertiary/aromatic N) is 2. The number of furan rings is 2. The number of rotatable bonds is 8. The standard InChI is InChI=1S/C78H88N2O2Si2/c1-74(2,3)50-17-21-54(22-18-50)79(56-25-31-60(32-26-56)83(13,14)76(7,8)9)58-29-35-62-66-44-68-64(46-72(66)81-70(62)42-58)65-47-73-67(45-69(65)78(68)52-38-48-37-49(40-52)41-53(78)39-48)63-36-30-59(43-71(63)82-73)80(55-23-19-51(20-24-55)75(4,5)6)57-27-33-61(34-28-57)84(15,16)77(10,11)12/h17-36,42-49,52-53H,37-41H2,1-16H3. The van der Waals surface area contributed by atoms with Crippen LogP contribution < -0.4 is 20.2 Å². The van der Waals surface area contributed by atoms with E-state index in [1.54, 1.807) is 0 Å². The van der Waals surface area contributed by atoms with Crippen LogP contribution in [0.15, 0.2) is 167 Å². The third-order valence-electron chi connectivity index (χ3n) is 22.7. The van der Waals surface area contributed by atoms with Gasteiger partial charge in [-0.3, -0.25) is 0 Å². The van der Waals surface area contributed by atoms with E-state index in [0.29, 0.717) is 11.8 Å². The molecule has 430 valence electrons. The molecule has 4 bridgehead atoms. The summed E-state index contributed by atoms with van der Waals surface area (Å²) in [7, 11) is -3.48. The molecule has 0 saturated heterocycles. The van der Waals surface area contributed by atoms with Crippen LogP contribution in [0, 0.1) is 23.7 Å². The van der Waals surface area contributed by atoms with Gasteiger partial charge in [-0.05, 0) is 207 Å². The molecule has 5 aliphatic rings. The minimum absolute atomic E-state index is 0.0489. The Balaban J connectivity index is 0.895. The molecule has 5 aliphatic carbocycles. The highest BCUT2D eigenvalue weighted by Gasteiger charge is 2.62. The van der Waals surface area contributed by atoms with Crippen molar-refractivity contribution in [2.24, 2.45) is 23.7 Å². The van der Waals surface area contributed by atoms with Crippen LogP contribution in [0.1, 0.15) is 137 Å². The molecule has 84 heavy (non-hydrogen) atoms. The fourth-order valence-electron chi connectivity index (χ4n) is 16.0. The van der Waals surface area contributed by atoms with Crippen LogP contribution in [0.4, 0.5) is 34.1 Å². The monoisotopic (exact) mass is 1140 g/mol. The second-order valence-electron chi connectivity index (χ2n) is 31.6.